The molecule has 0 spiro atoms. The van der Waals surface area contributed by atoms with E-state index in [0.717, 1.165) is 18.7 Å². The van der Waals surface area contributed by atoms with E-state index in [1.54, 1.807) is 12.1 Å². The van der Waals surface area contributed by atoms with E-state index in [0.29, 0.717) is 31.0 Å². The third kappa shape index (κ3) is 4.52. The number of nitrogens with one attached hydrogen (secondary N) is 1. The maximum absolute atomic E-state index is 12.4. The minimum Gasteiger partial charge on any atom is -0.387 e. The van der Waals surface area contributed by atoms with E-state index in [1.807, 2.05) is 30.9 Å². The topological polar surface area (TPSA) is 69.6 Å². The number of sulfone groups is 1. The van der Waals surface area contributed by atoms with Gasteiger partial charge in [0, 0.05) is 19.6 Å². The molecule has 0 bridgehead atoms. The first-order chi connectivity index (χ1) is 10.3. The van der Waals surface area contributed by atoms with Crippen molar-refractivity contribution in [2.45, 2.75) is 30.8 Å². The predicted molar refractivity (Wildman–Crippen MR) is 87.8 cm³/mol. The van der Waals surface area contributed by atoms with E-state index in [2.05, 4.69) is 5.32 Å². The van der Waals surface area contributed by atoms with Crippen LogP contribution in [0.15, 0.2) is 29.2 Å². The summed E-state index contributed by atoms with van der Waals surface area (Å²) >= 11 is 0. The van der Waals surface area contributed by atoms with Crippen LogP contribution in [0, 0.1) is 6.92 Å². The van der Waals surface area contributed by atoms with Crippen molar-refractivity contribution in [2.75, 3.05) is 38.5 Å². The fourth-order valence-electron chi connectivity index (χ4n) is 2.74. The average molecular weight is 326 g/mol. The highest BCUT2D eigenvalue weighted by molar-refractivity contribution is 7.91. The van der Waals surface area contributed by atoms with Crippen molar-refractivity contribution in [3.8, 4) is 0 Å². The highest BCUT2D eigenvalue weighted by Gasteiger charge is 2.32. The van der Waals surface area contributed by atoms with E-state index < -0.39 is 15.4 Å². The lowest BCUT2D eigenvalue weighted by atomic mass is 10.0. The van der Waals surface area contributed by atoms with Crippen molar-refractivity contribution < 1.29 is 13.5 Å². The Balaban J connectivity index is 1.95. The fourth-order valence-corrected chi connectivity index (χ4v) is 4.03. The zero-order chi connectivity index (χ0) is 16.2. The normalized spacial score (nSPS) is 22.4. The molecular weight excluding hydrogens is 300 g/mol. The van der Waals surface area contributed by atoms with Gasteiger partial charge in [0.15, 0.2) is 9.84 Å². The van der Waals surface area contributed by atoms with E-state index in [-0.39, 0.29) is 5.75 Å². The lowest BCUT2D eigenvalue weighted by molar-refractivity contribution is 0.0240. The first kappa shape index (κ1) is 17.4. The van der Waals surface area contributed by atoms with Crippen molar-refractivity contribution in [1.29, 1.82) is 0 Å². The molecule has 0 aliphatic carbocycles. The summed E-state index contributed by atoms with van der Waals surface area (Å²) in [5, 5.41) is 13.6. The monoisotopic (exact) mass is 326 g/mol. The summed E-state index contributed by atoms with van der Waals surface area (Å²) in [6.45, 7) is 7.00. The van der Waals surface area contributed by atoms with E-state index >= 15 is 0 Å². The summed E-state index contributed by atoms with van der Waals surface area (Å²) in [6, 6.07) is 6.96. The third-order valence-corrected chi connectivity index (χ3v) is 5.95. The molecule has 0 unspecified atom stereocenters. The summed E-state index contributed by atoms with van der Waals surface area (Å²) in [5.74, 6) is 0.0768. The maximum atomic E-state index is 12.4. The van der Waals surface area contributed by atoms with Crippen molar-refractivity contribution in [2.24, 2.45) is 0 Å². The van der Waals surface area contributed by atoms with Crippen LogP contribution in [0.25, 0.3) is 0 Å². The highest BCUT2D eigenvalue weighted by Crippen LogP contribution is 2.17. The second kappa shape index (κ2) is 7.08. The molecule has 1 atom stereocenters. The summed E-state index contributed by atoms with van der Waals surface area (Å²) in [5.41, 5.74) is 0.314. The van der Waals surface area contributed by atoms with Crippen LogP contribution in [-0.4, -0.2) is 62.5 Å². The Morgan fingerprint density at radius 3 is 2.55 bits per heavy atom. The number of hydrogen-bond donors (Lipinski definition) is 2. The van der Waals surface area contributed by atoms with Crippen LogP contribution in [0.4, 0.5) is 0 Å². The summed E-state index contributed by atoms with van der Waals surface area (Å²) in [7, 11) is -3.27. The van der Waals surface area contributed by atoms with Crippen molar-refractivity contribution in [1.82, 2.24) is 10.2 Å². The molecule has 0 saturated carbocycles. The van der Waals surface area contributed by atoms with E-state index in [4.69, 9.17) is 0 Å². The molecule has 1 aromatic carbocycles. The van der Waals surface area contributed by atoms with E-state index in [1.165, 1.54) is 0 Å². The third-order valence-electron chi connectivity index (χ3n) is 4.24. The number of hydrogen-bond acceptors (Lipinski definition) is 5. The van der Waals surface area contributed by atoms with Gasteiger partial charge in [-0.2, -0.15) is 0 Å². The number of aryl methyl sites for hydroxylation is 1. The zero-order valence-electron chi connectivity index (χ0n) is 13.4. The molecule has 2 N–H and O–H groups in total. The molecule has 0 amide bonds. The first-order valence-corrected chi connectivity index (χ1v) is 9.45. The number of aliphatic hydroxyl groups is 1. The molecule has 0 radical (unpaired) electrons. The van der Waals surface area contributed by atoms with Gasteiger partial charge >= 0.3 is 0 Å². The Hall–Kier alpha value is -0.950. The molecule has 0 aromatic heterocycles. The van der Waals surface area contributed by atoms with Crippen LogP contribution in [0.5, 0.6) is 0 Å². The molecule has 1 heterocycles. The summed E-state index contributed by atoms with van der Waals surface area (Å²) < 4.78 is 24.8. The lowest BCUT2D eigenvalue weighted by Gasteiger charge is -2.29. The Morgan fingerprint density at radius 2 is 2.00 bits per heavy atom. The molecule has 1 aliphatic rings. The largest absolute Gasteiger partial charge is 0.387 e. The lowest BCUT2D eigenvalue weighted by Crippen LogP contribution is -2.45. The molecule has 2 rings (SSSR count). The van der Waals surface area contributed by atoms with Crippen molar-refractivity contribution >= 4 is 9.84 Å². The van der Waals surface area contributed by atoms with Gasteiger partial charge in [-0.15, -0.1) is 0 Å². The Labute approximate surface area is 133 Å². The number of benzene rings is 1. The Kier molecular flexibility index (Phi) is 5.60. The molecule has 22 heavy (non-hydrogen) atoms. The van der Waals surface area contributed by atoms with Gasteiger partial charge in [-0.05, 0) is 38.6 Å². The van der Waals surface area contributed by atoms with Gasteiger partial charge in [0.1, 0.15) is 0 Å². The molecule has 1 aliphatic heterocycles. The predicted octanol–water partition coefficient (Wildman–Crippen LogP) is 0.815. The Bertz CT molecular complexity index is 578. The molecule has 1 saturated heterocycles. The maximum Gasteiger partial charge on any atom is 0.179 e. The van der Waals surface area contributed by atoms with Crippen LogP contribution >= 0.6 is 0 Å². The van der Waals surface area contributed by atoms with E-state index in [9.17, 15) is 13.5 Å². The molecule has 1 aromatic rings. The second-order valence-electron chi connectivity index (χ2n) is 6.15. The second-order valence-corrected chi connectivity index (χ2v) is 8.26. The summed E-state index contributed by atoms with van der Waals surface area (Å²) in [6.07, 6.45) is 0.716. The SMILES string of the molecule is CCN(CCS(=O)(=O)c1ccc(C)cc1)C[C@@]1(O)CCNC1. The minimum atomic E-state index is -3.27. The van der Waals surface area contributed by atoms with Gasteiger partial charge in [-0.25, -0.2) is 8.42 Å². The van der Waals surface area contributed by atoms with Crippen LogP contribution in [0.3, 0.4) is 0 Å². The minimum absolute atomic E-state index is 0.0768. The molecule has 1 fully saturated rings. The molecule has 5 nitrogen and oxygen atoms in total. The number of nitrogens with zero attached hydrogens (tertiary/aromatic N) is 1. The van der Waals surface area contributed by atoms with Gasteiger partial charge in [0.2, 0.25) is 0 Å². The molecule has 124 valence electrons. The van der Waals surface area contributed by atoms with Crippen LogP contribution in [0.1, 0.15) is 18.9 Å². The van der Waals surface area contributed by atoms with Crippen molar-refractivity contribution in [3.05, 3.63) is 29.8 Å². The molecular formula is C16H26N2O3S. The van der Waals surface area contributed by atoms with Gasteiger partial charge in [0.25, 0.3) is 0 Å². The highest BCUT2D eigenvalue weighted by atomic mass is 32.2. The standard InChI is InChI=1S/C16H26N2O3S/c1-3-18(13-16(19)8-9-17-12-16)10-11-22(20,21)15-6-4-14(2)5-7-15/h4-7,17,19H,3,8-13H2,1-2H3/t16-/m1/s1. The van der Waals surface area contributed by atoms with Gasteiger partial charge in [-0.3, -0.25) is 4.90 Å². The zero-order valence-corrected chi connectivity index (χ0v) is 14.2. The fraction of sp³-hybridized carbons (Fsp3) is 0.625. The quantitative estimate of drug-likeness (QED) is 0.776. The van der Waals surface area contributed by atoms with Crippen LogP contribution in [-0.2, 0) is 9.84 Å². The smallest absolute Gasteiger partial charge is 0.179 e. The first-order valence-electron chi connectivity index (χ1n) is 7.79. The van der Waals surface area contributed by atoms with Crippen LogP contribution < -0.4 is 5.32 Å². The number of β-amino-alcohol motifs (C(OH)–C–C–N with tert-alkyl or cyclic N) is 1. The van der Waals surface area contributed by atoms with Gasteiger partial charge in [0.05, 0.1) is 16.2 Å². The van der Waals surface area contributed by atoms with Gasteiger partial charge in [-0.1, -0.05) is 24.6 Å². The average Bonchev–Trinajstić information content (AvgIpc) is 2.91. The van der Waals surface area contributed by atoms with Crippen molar-refractivity contribution in [3.63, 3.8) is 0 Å². The number of rotatable bonds is 7. The molecule has 6 heteroatoms. The Morgan fingerprint density at radius 1 is 1.32 bits per heavy atom. The van der Waals surface area contributed by atoms with Gasteiger partial charge < -0.3 is 10.4 Å². The number of likely N-dealkylation sites (N-methyl/N-ethyl adjacent to an activating group) is 1. The van der Waals surface area contributed by atoms with Crippen LogP contribution in [0.2, 0.25) is 0 Å². The summed E-state index contributed by atoms with van der Waals surface area (Å²) in [4.78, 5) is 2.38.